The molecule has 80 valence electrons. The molecule has 0 bridgehead atoms. The van der Waals surface area contributed by atoms with Gasteiger partial charge in [0.2, 0.25) is 0 Å². The van der Waals surface area contributed by atoms with Crippen molar-refractivity contribution in [2.24, 2.45) is 0 Å². The summed E-state index contributed by atoms with van der Waals surface area (Å²) < 4.78 is 0. The van der Waals surface area contributed by atoms with Crippen molar-refractivity contribution >= 4 is 0 Å². The summed E-state index contributed by atoms with van der Waals surface area (Å²) in [7, 11) is 1.51. The van der Waals surface area contributed by atoms with Gasteiger partial charge in [0.25, 0.3) is 0 Å². The molecule has 0 fully saturated rings. The summed E-state index contributed by atoms with van der Waals surface area (Å²) in [5.74, 6) is 0. The van der Waals surface area contributed by atoms with Gasteiger partial charge in [0.05, 0.1) is 6.61 Å². The molecule has 4 unspecified atom stereocenters. The van der Waals surface area contributed by atoms with E-state index in [1.165, 1.54) is 14.0 Å². The molecular weight excluding hydrogens is 178 g/mol. The van der Waals surface area contributed by atoms with Crippen LogP contribution in [0.25, 0.3) is 0 Å². The van der Waals surface area contributed by atoms with Crippen LogP contribution < -0.4 is 5.48 Å². The molecule has 6 nitrogen and oxygen atoms in total. The van der Waals surface area contributed by atoms with Gasteiger partial charge in [-0.2, -0.15) is 0 Å². The summed E-state index contributed by atoms with van der Waals surface area (Å²) in [5, 5.41) is 36.0. The summed E-state index contributed by atoms with van der Waals surface area (Å²) in [6, 6.07) is 0. The number of hydrogen-bond donors (Lipinski definition) is 5. The maximum Gasteiger partial charge on any atom is 0.111 e. The Morgan fingerprint density at radius 1 is 1.23 bits per heavy atom. The van der Waals surface area contributed by atoms with Crippen LogP contribution in [0.1, 0.15) is 6.92 Å². The minimum Gasteiger partial charge on any atom is -0.394 e. The maximum atomic E-state index is 9.33. The molecule has 13 heavy (non-hydrogen) atoms. The maximum absolute atomic E-state index is 9.33. The van der Waals surface area contributed by atoms with E-state index in [2.05, 4.69) is 5.48 Å². The molecule has 0 rings (SSSR count). The molecular formula is C7H17NO5. The predicted molar refractivity (Wildman–Crippen MR) is 44.7 cm³/mol. The summed E-state index contributed by atoms with van der Waals surface area (Å²) in [5.41, 5.74) is 2.34. The van der Waals surface area contributed by atoms with E-state index in [0.717, 1.165) is 0 Å². The second-order valence-electron chi connectivity index (χ2n) is 2.76. The van der Waals surface area contributed by atoms with E-state index < -0.39 is 31.0 Å². The molecule has 0 aliphatic rings. The minimum atomic E-state index is -1.42. The van der Waals surface area contributed by atoms with Crippen LogP contribution >= 0.6 is 0 Å². The lowest BCUT2D eigenvalue weighted by Gasteiger charge is -2.25. The highest BCUT2D eigenvalue weighted by Crippen LogP contribution is 2.06. The third-order valence-electron chi connectivity index (χ3n) is 1.72. The Morgan fingerprint density at radius 3 is 2.15 bits per heavy atom. The SMILES string of the molecule is CNOC(C)C(O)C(O)C(O)CO. The molecule has 0 aromatic heterocycles. The first-order valence-electron chi connectivity index (χ1n) is 4.02. The summed E-state index contributed by atoms with van der Waals surface area (Å²) in [6.07, 6.45) is -4.72. The van der Waals surface area contributed by atoms with Crippen molar-refractivity contribution in [1.29, 1.82) is 0 Å². The largest absolute Gasteiger partial charge is 0.394 e. The van der Waals surface area contributed by atoms with Gasteiger partial charge in [0, 0.05) is 7.05 Å². The van der Waals surface area contributed by atoms with Crippen LogP contribution in [0.15, 0.2) is 0 Å². The predicted octanol–water partition coefficient (Wildman–Crippen LogP) is -2.40. The third kappa shape index (κ3) is 3.99. The van der Waals surface area contributed by atoms with Gasteiger partial charge >= 0.3 is 0 Å². The Labute approximate surface area is 76.7 Å². The Balaban J connectivity index is 3.99. The Hall–Kier alpha value is -0.240. The van der Waals surface area contributed by atoms with Crippen molar-refractivity contribution in [3.8, 4) is 0 Å². The van der Waals surface area contributed by atoms with E-state index in [-0.39, 0.29) is 0 Å². The average Bonchev–Trinajstić information content (AvgIpc) is 2.14. The fraction of sp³-hybridized carbons (Fsp3) is 1.00. The number of hydroxylamine groups is 1. The van der Waals surface area contributed by atoms with Gasteiger partial charge in [-0.25, -0.2) is 5.48 Å². The van der Waals surface area contributed by atoms with Crippen molar-refractivity contribution in [2.75, 3.05) is 13.7 Å². The molecule has 0 radical (unpaired) electrons. The Kier molecular flexibility index (Phi) is 6.13. The van der Waals surface area contributed by atoms with Crippen LogP contribution in [-0.4, -0.2) is 58.5 Å². The molecule has 0 aliphatic heterocycles. The molecule has 0 aliphatic carbocycles. The van der Waals surface area contributed by atoms with E-state index in [0.29, 0.717) is 0 Å². The van der Waals surface area contributed by atoms with Crippen molar-refractivity contribution in [3.63, 3.8) is 0 Å². The van der Waals surface area contributed by atoms with Gasteiger partial charge in [0.1, 0.15) is 24.4 Å². The Bertz CT molecular complexity index is 134. The van der Waals surface area contributed by atoms with Gasteiger partial charge in [-0.3, -0.25) is 4.84 Å². The van der Waals surface area contributed by atoms with Crippen LogP contribution in [0, 0.1) is 0 Å². The lowest BCUT2D eigenvalue weighted by Crippen LogP contribution is -2.46. The fourth-order valence-corrected chi connectivity index (χ4v) is 0.869. The lowest BCUT2D eigenvalue weighted by atomic mass is 10.0. The van der Waals surface area contributed by atoms with Gasteiger partial charge in [0.15, 0.2) is 0 Å². The number of nitrogens with one attached hydrogen (secondary N) is 1. The first-order valence-corrected chi connectivity index (χ1v) is 4.02. The van der Waals surface area contributed by atoms with E-state index in [1.54, 1.807) is 0 Å². The molecule has 0 saturated carbocycles. The fourth-order valence-electron chi connectivity index (χ4n) is 0.869. The number of aliphatic hydroxyl groups is 4. The zero-order valence-corrected chi connectivity index (χ0v) is 7.71. The highest BCUT2D eigenvalue weighted by Gasteiger charge is 2.29. The van der Waals surface area contributed by atoms with Gasteiger partial charge in [-0.15, -0.1) is 0 Å². The van der Waals surface area contributed by atoms with Gasteiger partial charge < -0.3 is 20.4 Å². The first kappa shape index (κ1) is 12.8. The molecule has 0 aromatic rings. The van der Waals surface area contributed by atoms with Crippen molar-refractivity contribution < 1.29 is 25.3 Å². The van der Waals surface area contributed by atoms with Crippen molar-refractivity contribution in [2.45, 2.75) is 31.3 Å². The highest BCUT2D eigenvalue weighted by molar-refractivity contribution is 4.78. The topological polar surface area (TPSA) is 102 Å². The lowest BCUT2D eigenvalue weighted by molar-refractivity contribution is -0.142. The van der Waals surface area contributed by atoms with Crippen LogP contribution in [0.2, 0.25) is 0 Å². The van der Waals surface area contributed by atoms with Crippen LogP contribution in [0.3, 0.4) is 0 Å². The standard InChI is InChI=1S/C7H17NO5/c1-4(13-8-2)6(11)7(12)5(10)3-9/h4-12H,3H2,1-2H3. The summed E-state index contributed by atoms with van der Waals surface area (Å²) >= 11 is 0. The number of hydrogen-bond acceptors (Lipinski definition) is 6. The van der Waals surface area contributed by atoms with E-state index in [4.69, 9.17) is 15.1 Å². The summed E-state index contributed by atoms with van der Waals surface area (Å²) in [4.78, 5) is 4.77. The molecule has 6 heteroatoms. The normalized spacial score (nSPS) is 20.8. The van der Waals surface area contributed by atoms with E-state index in [1.807, 2.05) is 0 Å². The van der Waals surface area contributed by atoms with Crippen molar-refractivity contribution in [1.82, 2.24) is 5.48 Å². The Morgan fingerprint density at radius 2 is 1.77 bits per heavy atom. The average molecular weight is 195 g/mol. The molecule has 4 atom stereocenters. The number of aliphatic hydroxyl groups excluding tert-OH is 4. The minimum absolute atomic E-state index is 0.607. The van der Waals surface area contributed by atoms with E-state index in [9.17, 15) is 10.2 Å². The van der Waals surface area contributed by atoms with Crippen LogP contribution in [-0.2, 0) is 4.84 Å². The van der Waals surface area contributed by atoms with Gasteiger partial charge in [-0.1, -0.05) is 0 Å². The van der Waals surface area contributed by atoms with E-state index >= 15 is 0 Å². The second-order valence-corrected chi connectivity index (χ2v) is 2.76. The molecule has 0 aromatic carbocycles. The zero-order valence-electron chi connectivity index (χ0n) is 7.71. The third-order valence-corrected chi connectivity index (χ3v) is 1.72. The smallest absolute Gasteiger partial charge is 0.111 e. The quantitative estimate of drug-likeness (QED) is 0.303. The van der Waals surface area contributed by atoms with Gasteiger partial charge in [-0.05, 0) is 6.92 Å². The molecule has 0 amide bonds. The monoisotopic (exact) mass is 195 g/mol. The molecule has 5 N–H and O–H groups in total. The molecule has 0 heterocycles. The molecule has 0 spiro atoms. The number of rotatable bonds is 6. The van der Waals surface area contributed by atoms with Crippen molar-refractivity contribution in [3.05, 3.63) is 0 Å². The molecule has 0 saturated heterocycles. The zero-order chi connectivity index (χ0) is 10.4. The van der Waals surface area contributed by atoms with Crippen LogP contribution in [0.5, 0.6) is 0 Å². The second kappa shape index (κ2) is 6.25. The summed E-state index contributed by atoms with van der Waals surface area (Å²) in [6.45, 7) is 0.916. The highest BCUT2D eigenvalue weighted by atomic mass is 16.7. The van der Waals surface area contributed by atoms with Crippen LogP contribution in [0.4, 0.5) is 0 Å². The first-order chi connectivity index (χ1) is 6.04.